The van der Waals surface area contributed by atoms with E-state index in [1.807, 2.05) is 0 Å². The number of nitrogens with zero attached hydrogens (tertiary/aromatic N) is 1. The van der Waals surface area contributed by atoms with Crippen LogP contribution in [0.1, 0.15) is 20.3 Å². The molecule has 0 aromatic carbocycles. The van der Waals surface area contributed by atoms with Crippen LogP contribution >= 0.6 is 0 Å². The molecular weight excluding hydrogens is 176 g/mol. The van der Waals surface area contributed by atoms with Gasteiger partial charge in [-0.05, 0) is 45.8 Å². The normalized spacial score (nSPS) is 28.7. The van der Waals surface area contributed by atoms with Crippen LogP contribution in [0.4, 0.5) is 0 Å². The predicted octanol–water partition coefficient (Wildman–Crippen LogP) is 0.707. The minimum Gasteiger partial charge on any atom is -0.373 e. The summed E-state index contributed by atoms with van der Waals surface area (Å²) in [4.78, 5) is 2.54. The van der Waals surface area contributed by atoms with E-state index in [1.54, 1.807) is 0 Å². The monoisotopic (exact) mass is 198 g/mol. The quantitative estimate of drug-likeness (QED) is 0.723. The first-order valence-electron chi connectivity index (χ1n) is 5.73. The van der Waals surface area contributed by atoms with Crippen molar-refractivity contribution in [3.8, 4) is 0 Å². The number of hydrogen-bond donors (Lipinski definition) is 1. The molecule has 2 heterocycles. The summed E-state index contributed by atoms with van der Waals surface area (Å²) in [5.41, 5.74) is 0.0656. The second-order valence-corrected chi connectivity index (χ2v) is 5.20. The highest BCUT2D eigenvalue weighted by atomic mass is 16.5. The number of hydrogen-bond acceptors (Lipinski definition) is 3. The third-order valence-electron chi connectivity index (χ3n) is 3.22. The van der Waals surface area contributed by atoms with Crippen molar-refractivity contribution in [1.29, 1.82) is 0 Å². The molecule has 2 aliphatic rings. The van der Waals surface area contributed by atoms with Crippen molar-refractivity contribution in [3.05, 3.63) is 0 Å². The van der Waals surface area contributed by atoms with E-state index < -0.39 is 0 Å². The Balaban J connectivity index is 1.69. The minimum atomic E-state index is 0.0656. The maximum Gasteiger partial charge on any atom is 0.0753 e. The molecule has 0 atom stereocenters. The summed E-state index contributed by atoms with van der Waals surface area (Å²) in [7, 11) is 0. The van der Waals surface area contributed by atoms with Gasteiger partial charge in [0.2, 0.25) is 0 Å². The largest absolute Gasteiger partial charge is 0.373 e. The van der Waals surface area contributed by atoms with E-state index in [4.69, 9.17) is 4.74 Å². The summed E-state index contributed by atoms with van der Waals surface area (Å²) in [6.07, 6.45) is 1.35. The number of morpholine rings is 1. The standard InChI is InChI=1S/C11H22N2O/c1-11(2)9-13(5-6-14-11)4-3-10-7-12-8-10/h10,12H,3-9H2,1-2H3. The van der Waals surface area contributed by atoms with E-state index in [0.29, 0.717) is 0 Å². The molecule has 2 fully saturated rings. The minimum absolute atomic E-state index is 0.0656. The van der Waals surface area contributed by atoms with Crippen LogP contribution in [0.25, 0.3) is 0 Å². The summed E-state index contributed by atoms with van der Waals surface area (Å²) in [6, 6.07) is 0. The van der Waals surface area contributed by atoms with Gasteiger partial charge in [-0.1, -0.05) is 0 Å². The Labute approximate surface area is 86.8 Å². The molecule has 0 amide bonds. The van der Waals surface area contributed by atoms with Crippen LogP contribution in [0, 0.1) is 5.92 Å². The Morgan fingerprint density at radius 1 is 1.43 bits per heavy atom. The van der Waals surface area contributed by atoms with Crippen LogP contribution in [-0.2, 0) is 4.74 Å². The van der Waals surface area contributed by atoms with E-state index in [9.17, 15) is 0 Å². The molecule has 2 saturated heterocycles. The van der Waals surface area contributed by atoms with Crippen molar-refractivity contribution in [1.82, 2.24) is 10.2 Å². The second-order valence-electron chi connectivity index (χ2n) is 5.20. The first kappa shape index (κ1) is 10.4. The number of nitrogens with one attached hydrogen (secondary N) is 1. The fourth-order valence-electron chi connectivity index (χ4n) is 2.22. The third-order valence-corrected chi connectivity index (χ3v) is 3.22. The van der Waals surface area contributed by atoms with Gasteiger partial charge in [0.25, 0.3) is 0 Å². The fourth-order valence-corrected chi connectivity index (χ4v) is 2.22. The van der Waals surface area contributed by atoms with Crippen LogP contribution in [-0.4, -0.2) is 49.8 Å². The van der Waals surface area contributed by atoms with Crippen molar-refractivity contribution >= 4 is 0 Å². The van der Waals surface area contributed by atoms with Gasteiger partial charge in [0.05, 0.1) is 12.2 Å². The average molecular weight is 198 g/mol. The third kappa shape index (κ3) is 2.69. The highest BCUT2D eigenvalue weighted by Gasteiger charge is 2.27. The zero-order valence-corrected chi connectivity index (χ0v) is 9.38. The molecule has 0 spiro atoms. The second kappa shape index (κ2) is 4.17. The van der Waals surface area contributed by atoms with E-state index in [2.05, 4.69) is 24.1 Å². The average Bonchev–Trinajstić information content (AvgIpc) is 1.99. The topological polar surface area (TPSA) is 24.5 Å². The first-order chi connectivity index (χ1) is 6.66. The Morgan fingerprint density at radius 2 is 2.21 bits per heavy atom. The van der Waals surface area contributed by atoms with Gasteiger partial charge in [0.1, 0.15) is 0 Å². The molecule has 0 bridgehead atoms. The van der Waals surface area contributed by atoms with Crippen LogP contribution < -0.4 is 5.32 Å². The summed E-state index contributed by atoms with van der Waals surface area (Å²) >= 11 is 0. The lowest BCUT2D eigenvalue weighted by Gasteiger charge is -2.39. The summed E-state index contributed by atoms with van der Waals surface area (Å²) < 4.78 is 5.69. The Kier molecular flexibility index (Phi) is 3.10. The van der Waals surface area contributed by atoms with Crippen LogP contribution in [0.15, 0.2) is 0 Å². The molecule has 3 heteroatoms. The van der Waals surface area contributed by atoms with Gasteiger partial charge in [-0.2, -0.15) is 0 Å². The summed E-state index contributed by atoms with van der Waals surface area (Å²) in [6.45, 7) is 11.2. The zero-order valence-electron chi connectivity index (χ0n) is 9.38. The lowest BCUT2D eigenvalue weighted by atomic mass is 9.98. The molecule has 82 valence electrons. The molecular formula is C11H22N2O. The van der Waals surface area contributed by atoms with E-state index in [1.165, 1.54) is 26.1 Å². The van der Waals surface area contributed by atoms with Gasteiger partial charge < -0.3 is 10.1 Å². The van der Waals surface area contributed by atoms with Crippen molar-refractivity contribution in [2.24, 2.45) is 5.92 Å². The molecule has 0 aromatic rings. The highest BCUT2D eigenvalue weighted by molar-refractivity contribution is 4.81. The lowest BCUT2D eigenvalue weighted by Crippen LogP contribution is -2.50. The molecule has 0 saturated carbocycles. The van der Waals surface area contributed by atoms with E-state index in [0.717, 1.165) is 25.6 Å². The zero-order chi connectivity index (χ0) is 10.0. The Morgan fingerprint density at radius 3 is 2.79 bits per heavy atom. The van der Waals surface area contributed by atoms with Crippen molar-refractivity contribution in [2.45, 2.75) is 25.9 Å². The predicted molar refractivity (Wildman–Crippen MR) is 57.4 cm³/mol. The molecule has 0 aliphatic carbocycles. The van der Waals surface area contributed by atoms with Gasteiger partial charge in [-0.3, -0.25) is 4.90 Å². The molecule has 2 rings (SSSR count). The maximum atomic E-state index is 5.69. The van der Waals surface area contributed by atoms with Crippen molar-refractivity contribution < 1.29 is 4.74 Å². The van der Waals surface area contributed by atoms with E-state index >= 15 is 0 Å². The molecule has 0 aromatic heterocycles. The molecule has 1 N–H and O–H groups in total. The van der Waals surface area contributed by atoms with Crippen LogP contribution in [0.5, 0.6) is 0 Å². The fraction of sp³-hybridized carbons (Fsp3) is 1.00. The smallest absolute Gasteiger partial charge is 0.0753 e. The van der Waals surface area contributed by atoms with Gasteiger partial charge in [-0.15, -0.1) is 0 Å². The maximum absolute atomic E-state index is 5.69. The lowest BCUT2D eigenvalue weighted by molar-refractivity contribution is -0.0870. The number of rotatable bonds is 3. The van der Waals surface area contributed by atoms with Gasteiger partial charge >= 0.3 is 0 Å². The molecule has 0 radical (unpaired) electrons. The molecule has 14 heavy (non-hydrogen) atoms. The van der Waals surface area contributed by atoms with Gasteiger partial charge in [0, 0.05) is 13.1 Å². The summed E-state index contributed by atoms with van der Waals surface area (Å²) in [5.74, 6) is 0.931. The molecule has 0 unspecified atom stereocenters. The van der Waals surface area contributed by atoms with Crippen LogP contribution in [0.2, 0.25) is 0 Å². The summed E-state index contributed by atoms with van der Waals surface area (Å²) in [5, 5.41) is 3.32. The van der Waals surface area contributed by atoms with E-state index in [-0.39, 0.29) is 5.60 Å². The van der Waals surface area contributed by atoms with Crippen molar-refractivity contribution in [2.75, 3.05) is 39.3 Å². The highest BCUT2D eigenvalue weighted by Crippen LogP contribution is 2.18. The first-order valence-corrected chi connectivity index (χ1v) is 5.73. The van der Waals surface area contributed by atoms with Gasteiger partial charge in [0.15, 0.2) is 0 Å². The molecule has 2 aliphatic heterocycles. The SMILES string of the molecule is CC1(C)CN(CCC2CNC2)CCO1. The molecule has 3 nitrogen and oxygen atoms in total. The van der Waals surface area contributed by atoms with Crippen LogP contribution in [0.3, 0.4) is 0 Å². The Hall–Kier alpha value is -0.120. The Bertz CT molecular complexity index is 190. The van der Waals surface area contributed by atoms with Gasteiger partial charge in [-0.25, -0.2) is 0 Å². The number of ether oxygens (including phenoxy) is 1. The van der Waals surface area contributed by atoms with Crippen molar-refractivity contribution in [3.63, 3.8) is 0 Å².